The summed E-state index contributed by atoms with van der Waals surface area (Å²) in [5.74, 6) is -1.32. The number of carbonyl (C=O) groups excluding carboxylic acids is 1. The lowest BCUT2D eigenvalue weighted by atomic mass is 10.1. The minimum absolute atomic E-state index is 0.245. The summed E-state index contributed by atoms with van der Waals surface area (Å²) in [6.45, 7) is 4.40. The lowest BCUT2D eigenvalue weighted by molar-refractivity contribution is 0.194. The summed E-state index contributed by atoms with van der Waals surface area (Å²) in [4.78, 5) is 13.8. The zero-order valence-electron chi connectivity index (χ0n) is 12.5. The van der Waals surface area contributed by atoms with Crippen LogP contribution in [0.3, 0.4) is 0 Å². The van der Waals surface area contributed by atoms with Gasteiger partial charge in [0.25, 0.3) is 0 Å². The molecule has 0 aliphatic heterocycles. The highest BCUT2D eigenvalue weighted by atomic mass is 19.1. The van der Waals surface area contributed by atoms with Crippen LogP contribution in [0.4, 0.5) is 13.6 Å². The minimum Gasteiger partial charge on any atom is -0.472 e. The van der Waals surface area contributed by atoms with Crippen molar-refractivity contribution in [2.75, 3.05) is 6.54 Å². The van der Waals surface area contributed by atoms with E-state index in [1.165, 1.54) is 18.4 Å². The molecule has 1 N–H and O–H groups in total. The molecule has 0 saturated carbocycles. The van der Waals surface area contributed by atoms with Crippen molar-refractivity contribution in [3.05, 3.63) is 59.6 Å². The molecule has 0 radical (unpaired) electrons. The first kappa shape index (κ1) is 16.0. The fourth-order valence-electron chi connectivity index (χ4n) is 2.14. The Labute approximate surface area is 127 Å². The third-order valence-corrected chi connectivity index (χ3v) is 3.39. The molecule has 2 aromatic rings. The Morgan fingerprint density at radius 3 is 2.73 bits per heavy atom. The van der Waals surface area contributed by atoms with Crippen LogP contribution in [0, 0.1) is 11.6 Å². The van der Waals surface area contributed by atoms with Gasteiger partial charge in [-0.2, -0.15) is 0 Å². The van der Waals surface area contributed by atoms with E-state index in [4.69, 9.17) is 4.42 Å². The van der Waals surface area contributed by atoms with Crippen LogP contribution in [0.1, 0.15) is 31.0 Å². The molecule has 1 unspecified atom stereocenters. The Bertz CT molecular complexity index is 629. The second-order valence-corrected chi connectivity index (χ2v) is 4.98. The third kappa shape index (κ3) is 3.84. The van der Waals surface area contributed by atoms with E-state index in [-0.39, 0.29) is 11.6 Å². The maximum absolute atomic E-state index is 13.7. The molecule has 2 rings (SSSR count). The highest BCUT2D eigenvalue weighted by Gasteiger charge is 2.18. The van der Waals surface area contributed by atoms with Gasteiger partial charge in [-0.3, -0.25) is 0 Å². The number of nitrogens with one attached hydrogen (secondary N) is 1. The van der Waals surface area contributed by atoms with Gasteiger partial charge in [-0.05, 0) is 26.0 Å². The molecule has 0 aliphatic rings. The molecule has 0 aliphatic carbocycles. The predicted molar refractivity (Wildman–Crippen MR) is 78.1 cm³/mol. The van der Waals surface area contributed by atoms with Crippen LogP contribution in [0.2, 0.25) is 0 Å². The molecule has 6 heteroatoms. The van der Waals surface area contributed by atoms with Gasteiger partial charge >= 0.3 is 6.03 Å². The van der Waals surface area contributed by atoms with Gasteiger partial charge in [-0.25, -0.2) is 13.6 Å². The van der Waals surface area contributed by atoms with Crippen LogP contribution >= 0.6 is 0 Å². The quantitative estimate of drug-likeness (QED) is 0.912. The van der Waals surface area contributed by atoms with Crippen molar-refractivity contribution in [2.24, 2.45) is 0 Å². The Morgan fingerprint density at radius 1 is 1.36 bits per heavy atom. The summed E-state index contributed by atoms with van der Waals surface area (Å²) in [5.41, 5.74) is 1.12. The van der Waals surface area contributed by atoms with Crippen LogP contribution in [0.25, 0.3) is 0 Å². The summed E-state index contributed by atoms with van der Waals surface area (Å²) >= 11 is 0. The molecule has 1 aromatic carbocycles. The standard InChI is InChI=1S/C16H18F2N2O2/c1-3-20(9-12-6-7-22-10-12)16(21)19-11(2)14-5-4-13(17)8-15(14)18/h4-8,10-11H,3,9H2,1-2H3,(H,19,21). The number of benzene rings is 1. The maximum Gasteiger partial charge on any atom is 0.318 e. The minimum atomic E-state index is -0.675. The van der Waals surface area contributed by atoms with E-state index in [1.54, 1.807) is 24.2 Å². The highest BCUT2D eigenvalue weighted by molar-refractivity contribution is 5.74. The Balaban J connectivity index is 2.02. The Kier molecular flexibility index (Phi) is 5.14. The predicted octanol–water partition coefficient (Wildman–Crippen LogP) is 3.85. The zero-order valence-corrected chi connectivity index (χ0v) is 12.5. The summed E-state index contributed by atoms with van der Waals surface area (Å²) in [5, 5.41) is 2.71. The number of rotatable bonds is 5. The first-order valence-corrected chi connectivity index (χ1v) is 7.02. The Morgan fingerprint density at radius 2 is 2.14 bits per heavy atom. The molecule has 1 heterocycles. The first-order valence-electron chi connectivity index (χ1n) is 7.02. The van der Waals surface area contributed by atoms with E-state index in [1.807, 2.05) is 6.92 Å². The molecular formula is C16H18F2N2O2. The third-order valence-electron chi connectivity index (χ3n) is 3.39. The van der Waals surface area contributed by atoms with Crippen molar-refractivity contribution < 1.29 is 18.0 Å². The molecule has 118 valence electrons. The van der Waals surface area contributed by atoms with E-state index >= 15 is 0 Å². The van der Waals surface area contributed by atoms with E-state index in [2.05, 4.69) is 5.32 Å². The largest absolute Gasteiger partial charge is 0.472 e. The van der Waals surface area contributed by atoms with E-state index in [0.29, 0.717) is 13.1 Å². The van der Waals surface area contributed by atoms with E-state index in [9.17, 15) is 13.6 Å². The normalized spacial score (nSPS) is 12.0. The molecule has 0 fully saturated rings. The van der Waals surface area contributed by atoms with Crippen molar-refractivity contribution in [3.8, 4) is 0 Å². The number of carbonyl (C=O) groups is 1. The van der Waals surface area contributed by atoms with Crippen molar-refractivity contribution >= 4 is 6.03 Å². The van der Waals surface area contributed by atoms with Crippen LogP contribution in [-0.2, 0) is 6.54 Å². The lowest BCUT2D eigenvalue weighted by Crippen LogP contribution is -2.40. The van der Waals surface area contributed by atoms with Crippen LogP contribution in [0.5, 0.6) is 0 Å². The maximum atomic E-state index is 13.7. The lowest BCUT2D eigenvalue weighted by Gasteiger charge is -2.24. The van der Waals surface area contributed by atoms with Gasteiger partial charge in [-0.1, -0.05) is 6.07 Å². The molecular weight excluding hydrogens is 290 g/mol. The SMILES string of the molecule is CCN(Cc1ccoc1)C(=O)NC(C)c1ccc(F)cc1F. The van der Waals surface area contributed by atoms with Crippen molar-refractivity contribution in [2.45, 2.75) is 26.4 Å². The van der Waals surface area contributed by atoms with Gasteiger partial charge < -0.3 is 14.6 Å². The van der Waals surface area contributed by atoms with Crippen LogP contribution in [-0.4, -0.2) is 17.5 Å². The topological polar surface area (TPSA) is 45.5 Å². The van der Waals surface area contributed by atoms with Crippen molar-refractivity contribution in [3.63, 3.8) is 0 Å². The van der Waals surface area contributed by atoms with Crippen molar-refractivity contribution in [1.82, 2.24) is 10.2 Å². The number of hydrogen-bond acceptors (Lipinski definition) is 2. The van der Waals surface area contributed by atoms with Gasteiger partial charge in [0.2, 0.25) is 0 Å². The second kappa shape index (κ2) is 7.06. The summed E-state index contributed by atoms with van der Waals surface area (Å²) in [6.07, 6.45) is 3.11. The smallest absolute Gasteiger partial charge is 0.318 e. The zero-order chi connectivity index (χ0) is 16.1. The molecule has 22 heavy (non-hydrogen) atoms. The van der Waals surface area contributed by atoms with Gasteiger partial charge in [0.1, 0.15) is 11.6 Å². The van der Waals surface area contributed by atoms with Crippen molar-refractivity contribution in [1.29, 1.82) is 0 Å². The number of nitrogens with zero attached hydrogens (tertiary/aromatic N) is 1. The van der Waals surface area contributed by atoms with Crippen LogP contribution in [0.15, 0.2) is 41.2 Å². The molecule has 0 bridgehead atoms. The van der Waals surface area contributed by atoms with E-state index in [0.717, 1.165) is 11.6 Å². The molecule has 0 saturated heterocycles. The molecule has 4 nitrogen and oxygen atoms in total. The van der Waals surface area contributed by atoms with Gasteiger partial charge in [0.15, 0.2) is 0 Å². The first-order chi connectivity index (χ1) is 10.5. The van der Waals surface area contributed by atoms with Gasteiger partial charge in [0.05, 0.1) is 25.1 Å². The van der Waals surface area contributed by atoms with Crippen LogP contribution < -0.4 is 5.32 Å². The molecule has 1 atom stereocenters. The number of urea groups is 1. The highest BCUT2D eigenvalue weighted by Crippen LogP contribution is 2.18. The summed E-state index contributed by atoms with van der Waals surface area (Å²) < 4.78 is 31.6. The number of amides is 2. The average molecular weight is 308 g/mol. The van der Waals surface area contributed by atoms with Gasteiger partial charge in [0, 0.05) is 23.7 Å². The second-order valence-electron chi connectivity index (χ2n) is 4.98. The number of furan rings is 1. The number of halogens is 2. The monoisotopic (exact) mass is 308 g/mol. The fourth-order valence-corrected chi connectivity index (χ4v) is 2.14. The summed E-state index contributed by atoms with van der Waals surface area (Å²) in [6, 6.07) is 4.21. The fraction of sp³-hybridized carbons (Fsp3) is 0.312. The summed E-state index contributed by atoms with van der Waals surface area (Å²) in [7, 11) is 0. The van der Waals surface area contributed by atoms with Gasteiger partial charge in [-0.15, -0.1) is 0 Å². The number of hydrogen-bond donors (Lipinski definition) is 1. The molecule has 0 spiro atoms. The Hall–Kier alpha value is -2.37. The molecule has 2 amide bonds. The molecule has 1 aromatic heterocycles. The average Bonchev–Trinajstić information content (AvgIpc) is 2.97. The van der Waals surface area contributed by atoms with E-state index < -0.39 is 17.7 Å².